The normalized spacial score (nSPS) is 20.4. The molecule has 1 N–H and O–H groups in total. The van der Waals surface area contributed by atoms with E-state index >= 15 is 0 Å². The van der Waals surface area contributed by atoms with Crippen molar-refractivity contribution in [2.75, 3.05) is 13.1 Å². The molecule has 1 aliphatic rings. The lowest BCUT2D eigenvalue weighted by Gasteiger charge is -2.11. The number of hydrogen-bond acceptors (Lipinski definition) is 3. The number of rotatable bonds is 2. The quantitative estimate of drug-likeness (QED) is 0.760. The van der Waals surface area contributed by atoms with Crippen LogP contribution in [0.4, 0.5) is 0 Å². The molecule has 1 saturated heterocycles. The standard InChI is InChI=1S/C11H12N2O/c12-7-9-1-3-10(4-2-9)14-11-5-6-13-8-11/h1-4,11,13H,5-6,8H2/t11-/m0/s1. The van der Waals surface area contributed by atoms with Crippen molar-refractivity contribution < 1.29 is 4.74 Å². The zero-order valence-electron chi connectivity index (χ0n) is 7.86. The molecule has 0 saturated carbocycles. The molecule has 14 heavy (non-hydrogen) atoms. The molecule has 0 radical (unpaired) electrons. The first-order valence-corrected chi connectivity index (χ1v) is 4.76. The van der Waals surface area contributed by atoms with Crippen LogP contribution < -0.4 is 10.1 Å². The molecule has 1 atom stereocenters. The van der Waals surface area contributed by atoms with Crippen molar-refractivity contribution in [3.8, 4) is 11.8 Å². The number of benzene rings is 1. The van der Waals surface area contributed by atoms with Gasteiger partial charge in [-0.3, -0.25) is 0 Å². The van der Waals surface area contributed by atoms with Crippen molar-refractivity contribution in [2.45, 2.75) is 12.5 Å². The van der Waals surface area contributed by atoms with Crippen molar-refractivity contribution in [1.29, 1.82) is 5.26 Å². The van der Waals surface area contributed by atoms with Crippen molar-refractivity contribution in [1.82, 2.24) is 5.32 Å². The first kappa shape index (κ1) is 9.04. The first-order chi connectivity index (χ1) is 6.88. The molecule has 1 heterocycles. The minimum Gasteiger partial charge on any atom is -0.489 e. The van der Waals surface area contributed by atoms with E-state index in [1.807, 2.05) is 12.1 Å². The molecular weight excluding hydrogens is 176 g/mol. The van der Waals surface area contributed by atoms with Gasteiger partial charge in [-0.05, 0) is 37.2 Å². The van der Waals surface area contributed by atoms with E-state index < -0.39 is 0 Å². The second kappa shape index (κ2) is 4.12. The summed E-state index contributed by atoms with van der Waals surface area (Å²) in [5.41, 5.74) is 0.668. The van der Waals surface area contributed by atoms with E-state index in [-0.39, 0.29) is 6.10 Å². The molecule has 1 aromatic carbocycles. The average Bonchev–Trinajstić information content (AvgIpc) is 2.72. The molecule has 0 bridgehead atoms. The number of nitrogens with zero attached hydrogens (tertiary/aromatic N) is 1. The highest BCUT2D eigenvalue weighted by atomic mass is 16.5. The predicted molar refractivity (Wildman–Crippen MR) is 53.1 cm³/mol. The van der Waals surface area contributed by atoms with E-state index in [1.54, 1.807) is 12.1 Å². The Balaban J connectivity index is 1.99. The summed E-state index contributed by atoms with van der Waals surface area (Å²) < 4.78 is 5.70. The van der Waals surface area contributed by atoms with Crippen LogP contribution in [0.5, 0.6) is 5.75 Å². The third kappa shape index (κ3) is 2.04. The van der Waals surface area contributed by atoms with Crippen LogP contribution in [0.1, 0.15) is 12.0 Å². The van der Waals surface area contributed by atoms with Crippen LogP contribution >= 0.6 is 0 Å². The van der Waals surface area contributed by atoms with Crippen molar-refractivity contribution in [2.24, 2.45) is 0 Å². The van der Waals surface area contributed by atoms with Crippen molar-refractivity contribution in [3.63, 3.8) is 0 Å². The van der Waals surface area contributed by atoms with Crippen LogP contribution in [0.25, 0.3) is 0 Å². The molecule has 0 aromatic heterocycles. The van der Waals surface area contributed by atoms with Gasteiger partial charge in [-0.15, -0.1) is 0 Å². The van der Waals surface area contributed by atoms with Crippen LogP contribution in [0.15, 0.2) is 24.3 Å². The van der Waals surface area contributed by atoms with E-state index in [4.69, 9.17) is 10.00 Å². The highest BCUT2D eigenvalue weighted by Gasteiger charge is 2.15. The summed E-state index contributed by atoms with van der Waals surface area (Å²) in [7, 11) is 0. The van der Waals surface area contributed by atoms with Crippen LogP contribution in [0.2, 0.25) is 0 Å². The largest absolute Gasteiger partial charge is 0.489 e. The van der Waals surface area contributed by atoms with E-state index in [9.17, 15) is 0 Å². The van der Waals surface area contributed by atoms with E-state index in [0.717, 1.165) is 25.3 Å². The fourth-order valence-corrected chi connectivity index (χ4v) is 1.53. The number of nitriles is 1. The van der Waals surface area contributed by atoms with Crippen LogP contribution in [-0.4, -0.2) is 19.2 Å². The molecule has 0 aliphatic carbocycles. The van der Waals surface area contributed by atoms with E-state index in [2.05, 4.69) is 11.4 Å². The average molecular weight is 188 g/mol. The Kier molecular flexibility index (Phi) is 2.66. The first-order valence-electron chi connectivity index (χ1n) is 4.76. The molecule has 1 aliphatic heterocycles. The minimum atomic E-state index is 0.280. The molecule has 72 valence electrons. The Morgan fingerprint density at radius 3 is 2.71 bits per heavy atom. The monoisotopic (exact) mass is 188 g/mol. The van der Waals surface area contributed by atoms with Gasteiger partial charge in [-0.2, -0.15) is 5.26 Å². The summed E-state index contributed by atoms with van der Waals surface area (Å²) in [5, 5.41) is 11.8. The summed E-state index contributed by atoms with van der Waals surface area (Å²) in [5.74, 6) is 0.845. The van der Waals surface area contributed by atoms with Crippen LogP contribution in [-0.2, 0) is 0 Å². The number of nitrogens with one attached hydrogen (secondary N) is 1. The third-order valence-corrected chi connectivity index (χ3v) is 2.30. The molecule has 1 fully saturated rings. The predicted octanol–water partition coefficient (Wildman–Crippen LogP) is 1.30. The summed E-state index contributed by atoms with van der Waals surface area (Å²) in [6.45, 7) is 1.95. The summed E-state index contributed by atoms with van der Waals surface area (Å²) >= 11 is 0. The molecule has 0 spiro atoms. The maximum absolute atomic E-state index is 8.61. The van der Waals surface area contributed by atoms with Gasteiger partial charge in [0.15, 0.2) is 0 Å². The maximum Gasteiger partial charge on any atom is 0.119 e. The Hall–Kier alpha value is -1.53. The molecular formula is C11H12N2O. The second-order valence-electron chi connectivity index (χ2n) is 3.37. The van der Waals surface area contributed by atoms with Gasteiger partial charge in [0.2, 0.25) is 0 Å². The lowest BCUT2D eigenvalue weighted by molar-refractivity contribution is 0.223. The fraction of sp³-hybridized carbons (Fsp3) is 0.364. The van der Waals surface area contributed by atoms with Gasteiger partial charge < -0.3 is 10.1 Å². The topological polar surface area (TPSA) is 45.0 Å². The highest BCUT2D eigenvalue weighted by Crippen LogP contribution is 2.15. The van der Waals surface area contributed by atoms with Crippen molar-refractivity contribution >= 4 is 0 Å². The Morgan fingerprint density at radius 2 is 2.14 bits per heavy atom. The smallest absolute Gasteiger partial charge is 0.119 e. The van der Waals surface area contributed by atoms with Gasteiger partial charge in [-0.25, -0.2) is 0 Å². The lowest BCUT2D eigenvalue weighted by atomic mass is 10.2. The van der Waals surface area contributed by atoms with Gasteiger partial charge >= 0.3 is 0 Å². The number of ether oxygens (including phenoxy) is 1. The van der Waals surface area contributed by atoms with Gasteiger partial charge in [0.05, 0.1) is 11.6 Å². The molecule has 0 unspecified atom stereocenters. The van der Waals surface area contributed by atoms with Gasteiger partial charge in [0.1, 0.15) is 11.9 Å². The second-order valence-corrected chi connectivity index (χ2v) is 3.37. The van der Waals surface area contributed by atoms with E-state index in [1.165, 1.54) is 0 Å². The molecule has 2 rings (SSSR count). The fourth-order valence-electron chi connectivity index (χ4n) is 1.53. The van der Waals surface area contributed by atoms with Gasteiger partial charge in [-0.1, -0.05) is 0 Å². The van der Waals surface area contributed by atoms with Crippen LogP contribution in [0, 0.1) is 11.3 Å². The van der Waals surface area contributed by atoms with Gasteiger partial charge in [0.25, 0.3) is 0 Å². The maximum atomic E-state index is 8.61. The molecule has 3 heteroatoms. The zero-order valence-corrected chi connectivity index (χ0v) is 7.86. The molecule has 1 aromatic rings. The summed E-state index contributed by atoms with van der Waals surface area (Å²) in [4.78, 5) is 0. The lowest BCUT2D eigenvalue weighted by Crippen LogP contribution is -2.19. The minimum absolute atomic E-state index is 0.280. The third-order valence-electron chi connectivity index (χ3n) is 2.30. The Labute approximate surface area is 83.3 Å². The Morgan fingerprint density at radius 1 is 1.36 bits per heavy atom. The molecule has 0 amide bonds. The van der Waals surface area contributed by atoms with Crippen molar-refractivity contribution in [3.05, 3.63) is 29.8 Å². The number of hydrogen-bond donors (Lipinski definition) is 1. The SMILES string of the molecule is N#Cc1ccc(O[C@H]2CCNC2)cc1. The Bertz CT molecular complexity index is 333. The van der Waals surface area contributed by atoms with E-state index in [0.29, 0.717) is 5.56 Å². The van der Waals surface area contributed by atoms with Gasteiger partial charge in [0, 0.05) is 6.54 Å². The van der Waals surface area contributed by atoms with Crippen LogP contribution in [0.3, 0.4) is 0 Å². The summed E-state index contributed by atoms with van der Waals surface area (Å²) in [6.07, 6.45) is 1.34. The summed E-state index contributed by atoms with van der Waals surface area (Å²) in [6, 6.07) is 9.32. The highest BCUT2D eigenvalue weighted by molar-refractivity contribution is 5.34. The molecule has 3 nitrogen and oxygen atoms in total. The zero-order chi connectivity index (χ0) is 9.80.